The first kappa shape index (κ1) is 19.3. The van der Waals surface area contributed by atoms with Gasteiger partial charge in [-0.15, -0.1) is 0 Å². The Balaban J connectivity index is 4.62. The van der Waals surface area contributed by atoms with Crippen molar-refractivity contribution in [1.29, 1.82) is 0 Å². The molecule has 1 unspecified atom stereocenters. The van der Waals surface area contributed by atoms with Gasteiger partial charge in [0.1, 0.15) is 0 Å². The quantitative estimate of drug-likeness (QED) is 0.448. The Morgan fingerprint density at radius 1 is 1.00 bits per heavy atom. The van der Waals surface area contributed by atoms with Crippen LogP contribution in [0.1, 0.15) is 46.5 Å². The first-order chi connectivity index (χ1) is 8.75. The van der Waals surface area contributed by atoms with Crippen molar-refractivity contribution in [3.63, 3.8) is 0 Å². The van der Waals surface area contributed by atoms with Gasteiger partial charge >= 0.3 is 15.2 Å². The lowest BCUT2D eigenvalue weighted by atomic mass is 10.4. The smallest absolute Gasteiger partial charge is 0.324 e. The molecule has 0 spiro atoms. The summed E-state index contributed by atoms with van der Waals surface area (Å²) in [4.78, 5) is 17.9. The van der Waals surface area contributed by atoms with E-state index in [9.17, 15) is 9.13 Å². The van der Waals surface area contributed by atoms with Gasteiger partial charge in [0.25, 0.3) is 0 Å². The highest BCUT2D eigenvalue weighted by atomic mass is 31.2. The fourth-order valence-corrected chi connectivity index (χ4v) is 4.89. The van der Waals surface area contributed by atoms with Crippen LogP contribution in [-0.2, 0) is 18.2 Å². The topological polar surface area (TPSA) is 93.1 Å². The summed E-state index contributed by atoms with van der Waals surface area (Å²) in [6.07, 6.45) is 2.78. The van der Waals surface area contributed by atoms with Gasteiger partial charge in [0.15, 0.2) is 0 Å². The molecule has 1 atom stereocenters. The first-order valence-electron chi connectivity index (χ1n) is 6.68. The van der Waals surface area contributed by atoms with Gasteiger partial charge in [-0.3, -0.25) is 9.13 Å². The van der Waals surface area contributed by atoms with E-state index in [1.165, 1.54) is 6.92 Å². The molecule has 0 bridgehead atoms. The van der Waals surface area contributed by atoms with Crippen molar-refractivity contribution in [2.24, 2.45) is 0 Å². The molecule has 0 aromatic carbocycles. The molecule has 0 aliphatic carbocycles. The normalized spacial score (nSPS) is 14.6. The molecule has 0 amide bonds. The molecule has 0 aromatic heterocycles. The molecule has 0 aromatic rings. The summed E-state index contributed by atoms with van der Waals surface area (Å²) in [6, 6.07) is 0. The SMILES string of the molecule is CCCCOP(=O)(OCCCC)C(C)CP(=O)(O)O. The summed E-state index contributed by atoms with van der Waals surface area (Å²) in [6.45, 7) is 6.02. The number of hydrogen-bond acceptors (Lipinski definition) is 4. The summed E-state index contributed by atoms with van der Waals surface area (Å²) >= 11 is 0. The lowest BCUT2D eigenvalue weighted by molar-refractivity contribution is 0.194. The van der Waals surface area contributed by atoms with Gasteiger partial charge < -0.3 is 18.8 Å². The predicted octanol–water partition coefficient (Wildman–Crippen LogP) is 3.38. The van der Waals surface area contributed by atoms with Gasteiger partial charge in [0.2, 0.25) is 0 Å². The highest BCUT2D eigenvalue weighted by Gasteiger charge is 2.36. The van der Waals surface area contributed by atoms with Crippen molar-refractivity contribution in [3.8, 4) is 0 Å². The molecule has 116 valence electrons. The summed E-state index contributed by atoms with van der Waals surface area (Å²) in [5, 5.41) is 0. The lowest BCUT2D eigenvalue weighted by Gasteiger charge is -2.24. The van der Waals surface area contributed by atoms with Crippen LogP contribution >= 0.6 is 15.2 Å². The van der Waals surface area contributed by atoms with Crippen LogP contribution in [0.2, 0.25) is 0 Å². The molecule has 0 aliphatic heterocycles. The fourth-order valence-electron chi connectivity index (χ4n) is 1.41. The van der Waals surface area contributed by atoms with E-state index in [1.54, 1.807) is 0 Å². The molecular weight excluding hydrogens is 290 g/mol. The molecular formula is C11H26O6P2. The molecule has 19 heavy (non-hydrogen) atoms. The number of unbranched alkanes of at least 4 members (excludes halogenated alkanes) is 2. The third-order valence-electron chi connectivity index (χ3n) is 2.58. The minimum Gasteiger partial charge on any atom is -0.324 e. The summed E-state index contributed by atoms with van der Waals surface area (Å²) in [5.41, 5.74) is -0.804. The third kappa shape index (κ3) is 8.96. The molecule has 0 rings (SSSR count). The van der Waals surface area contributed by atoms with E-state index in [4.69, 9.17) is 18.8 Å². The van der Waals surface area contributed by atoms with Gasteiger partial charge in [-0.25, -0.2) is 0 Å². The van der Waals surface area contributed by atoms with Gasteiger partial charge in [-0.05, 0) is 12.8 Å². The number of rotatable bonds is 11. The van der Waals surface area contributed by atoms with Gasteiger partial charge in [-0.1, -0.05) is 33.6 Å². The lowest BCUT2D eigenvalue weighted by Crippen LogP contribution is -2.15. The summed E-state index contributed by atoms with van der Waals surface area (Å²) in [7, 11) is -7.69. The Kier molecular flexibility index (Phi) is 9.42. The number of hydrogen-bond donors (Lipinski definition) is 2. The minimum atomic E-state index is -4.23. The van der Waals surface area contributed by atoms with E-state index in [1.807, 2.05) is 13.8 Å². The average Bonchev–Trinajstić information content (AvgIpc) is 2.27. The van der Waals surface area contributed by atoms with Crippen molar-refractivity contribution < 1.29 is 28.0 Å². The molecule has 8 heteroatoms. The van der Waals surface area contributed by atoms with Gasteiger partial charge in [0.05, 0.1) is 25.0 Å². The van der Waals surface area contributed by atoms with Crippen LogP contribution in [0.25, 0.3) is 0 Å². The van der Waals surface area contributed by atoms with E-state index in [2.05, 4.69) is 0 Å². The van der Waals surface area contributed by atoms with E-state index < -0.39 is 27.0 Å². The molecule has 0 radical (unpaired) electrons. The second-order valence-corrected chi connectivity index (χ2v) is 8.78. The van der Waals surface area contributed by atoms with E-state index in [0.717, 1.165) is 25.7 Å². The van der Waals surface area contributed by atoms with E-state index >= 15 is 0 Å². The van der Waals surface area contributed by atoms with Crippen LogP contribution in [0, 0.1) is 0 Å². The molecule has 0 fully saturated rings. The second kappa shape index (κ2) is 9.28. The van der Waals surface area contributed by atoms with Crippen LogP contribution in [0.4, 0.5) is 0 Å². The van der Waals surface area contributed by atoms with Crippen molar-refractivity contribution in [2.75, 3.05) is 19.4 Å². The maximum Gasteiger partial charge on any atom is 0.334 e. The van der Waals surface area contributed by atoms with Crippen LogP contribution in [0.3, 0.4) is 0 Å². The van der Waals surface area contributed by atoms with Crippen LogP contribution in [-0.4, -0.2) is 34.8 Å². The van der Waals surface area contributed by atoms with Crippen LogP contribution in [0.5, 0.6) is 0 Å². The fraction of sp³-hybridized carbons (Fsp3) is 1.00. The highest BCUT2D eigenvalue weighted by molar-refractivity contribution is 7.57. The summed E-state index contributed by atoms with van der Waals surface area (Å²) in [5.74, 6) is 0. The van der Waals surface area contributed by atoms with Crippen LogP contribution in [0.15, 0.2) is 0 Å². The monoisotopic (exact) mass is 316 g/mol. The summed E-state index contributed by atoms with van der Waals surface area (Å²) < 4.78 is 34.2. The van der Waals surface area contributed by atoms with Gasteiger partial charge in [0, 0.05) is 0 Å². The molecule has 2 N–H and O–H groups in total. The van der Waals surface area contributed by atoms with Crippen molar-refractivity contribution in [3.05, 3.63) is 0 Å². The third-order valence-corrected chi connectivity index (χ3v) is 6.24. The standard InChI is InChI=1S/C11H26O6P2/c1-4-6-8-16-19(15,17-9-7-5-2)11(3)10-18(12,13)14/h11H,4-10H2,1-3H3,(H2,12,13,14). The zero-order valence-electron chi connectivity index (χ0n) is 11.9. The molecule has 0 saturated heterocycles. The molecule has 0 heterocycles. The van der Waals surface area contributed by atoms with E-state index in [-0.39, 0.29) is 13.2 Å². The largest absolute Gasteiger partial charge is 0.334 e. The maximum atomic E-state index is 12.6. The Morgan fingerprint density at radius 2 is 1.42 bits per heavy atom. The van der Waals surface area contributed by atoms with Crippen molar-refractivity contribution in [1.82, 2.24) is 0 Å². The zero-order chi connectivity index (χ0) is 14.9. The Bertz CT molecular complexity index is 313. The second-order valence-electron chi connectivity index (χ2n) is 4.61. The average molecular weight is 316 g/mol. The van der Waals surface area contributed by atoms with E-state index in [0.29, 0.717) is 0 Å². The Hall–Kier alpha value is 0.300. The molecule has 0 saturated carbocycles. The maximum absolute atomic E-state index is 12.6. The molecule has 0 aliphatic rings. The van der Waals surface area contributed by atoms with Crippen LogP contribution < -0.4 is 0 Å². The first-order valence-corrected chi connectivity index (χ1v) is 10.1. The Labute approximate surface area is 115 Å². The minimum absolute atomic E-state index is 0.283. The Morgan fingerprint density at radius 3 is 1.74 bits per heavy atom. The van der Waals surface area contributed by atoms with Crippen molar-refractivity contribution in [2.45, 2.75) is 52.1 Å². The molecule has 6 nitrogen and oxygen atoms in total. The van der Waals surface area contributed by atoms with Gasteiger partial charge in [-0.2, -0.15) is 0 Å². The van der Waals surface area contributed by atoms with Crippen molar-refractivity contribution >= 4 is 15.2 Å². The highest BCUT2D eigenvalue weighted by Crippen LogP contribution is 2.56. The zero-order valence-corrected chi connectivity index (χ0v) is 13.7. The predicted molar refractivity (Wildman–Crippen MR) is 75.7 cm³/mol.